The molecule has 0 amide bonds. The van der Waals surface area contributed by atoms with Gasteiger partial charge in [-0.25, -0.2) is 4.98 Å². The van der Waals surface area contributed by atoms with Crippen LogP contribution in [0.4, 0.5) is 0 Å². The van der Waals surface area contributed by atoms with E-state index in [9.17, 15) is 0 Å². The highest BCUT2D eigenvalue weighted by Crippen LogP contribution is 2.37. The smallest absolute Gasteiger partial charge is 0.0984 e. The summed E-state index contributed by atoms with van der Waals surface area (Å²) in [5.41, 5.74) is 7.22. The number of rotatable bonds is 1. The number of para-hydroxylation sites is 1. The molecule has 0 saturated heterocycles. The van der Waals surface area contributed by atoms with Crippen LogP contribution in [-0.4, -0.2) is 11.0 Å². The second-order valence-corrected chi connectivity index (χ2v) is 5.28. The molecule has 0 unspecified atom stereocenters. The third-order valence-electron chi connectivity index (χ3n) is 3.20. The molecule has 2 aromatic rings. The van der Waals surface area contributed by atoms with E-state index in [1.807, 2.05) is 17.4 Å². The largest absolute Gasteiger partial charge is 0.327 e. The van der Waals surface area contributed by atoms with Crippen molar-refractivity contribution in [1.29, 1.82) is 0 Å². The number of nitrogens with two attached hydrogens (primary N) is 1. The standard InChI is InChI=1S/C12H14N2S/c13-9-5-3-4-8(9)12-14-10-6-1-2-7-11(10)15-12/h1-2,6-9H,3-5,13H2/t8-,9+/m0/s1. The first-order valence-corrected chi connectivity index (χ1v) is 6.27. The van der Waals surface area contributed by atoms with Crippen molar-refractivity contribution < 1.29 is 0 Å². The van der Waals surface area contributed by atoms with E-state index in [0.717, 1.165) is 11.9 Å². The lowest BCUT2D eigenvalue weighted by Gasteiger charge is -2.10. The molecule has 15 heavy (non-hydrogen) atoms. The number of benzene rings is 1. The van der Waals surface area contributed by atoms with E-state index in [4.69, 9.17) is 5.73 Å². The van der Waals surface area contributed by atoms with Crippen molar-refractivity contribution in [2.24, 2.45) is 5.73 Å². The summed E-state index contributed by atoms with van der Waals surface area (Å²) in [4.78, 5) is 4.68. The van der Waals surface area contributed by atoms with Crippen molar-refractivity contribution in [3.63, 3.8) is 0 Å². The Morgan fingerprint density at radius 2 is 2.13 bits per heavy atom. The molecule has 1 heterocycles. The minimum atomic E-state index is 0.325. The zero-order valence-electron chi connectivity index (χ0n) is 8.52. The first-order chi connectivity index (χ1) is 7.34. The lowest BCUT2D eigenvalue weighted by atomic mass is 10.1. The predicted octanol–water partition coefficient (Wildman–Crippen LogP) is 2.89. The Morgan fingerprint density at radius 3 is 2.87 bits per heavy atom. The van der Waals surface area contributed by atoms with Crippen molar-refractivity contribution >= 4 is 21.6 Å². The molecule has 1 aromatic carbocycles. The van der Waals surface area contributed by atoms with Gasteiger partial charge >= 0.3 is 0 Å². The summed E-state index contributed by atoms with van der Waals surface area (Å²) in [6, 6.07) is 8.65. The summed E-state index contributed by atoms with van der Waals surface area (Å²) in [5.74, 6) is 0.502. The van der Waals surface area contributed by atoms with E-state index in [0.29, 0.717) is 12.0 Å². The minimum absolute atomic E-state index is 0.325. The van der Waals surface area contributed by atoms with Crippen LogP contribution in [0.25, 0.3) is 10.2 Å². The fraction of sp³-hybridized carbons (Fsp3) is 0.417. The molecule has 1 aliphatic rings. The maximum absolute atomic E-state index is 6.10. The summed E-state index contributed by atoms with van der Waals surface area (Å²) in [6.07, 6.45) is 3.61. The molecule has 1 aromatic heterocycles. The topological polar surface area (TPSA) is 38.9 Å². The average Bonchev–Trinajstić information content (AvgIpc) is 2.82. The fourth-order valence-corrected chi connectivity index (χ4v) is 3.52. The van der Waals surface area contributed by atoms with E-state index in [-0.39, 0.29) is 0 Å². The third-order valence-corrected chi connectivity index (χ3v) is 4.37. The zero-order valence-corrected chi connectivity index (χ0v) is 9.33. The van der Waals surface area contributed by atoms with Crippen LogP contribution in [0.2, 0.25) is 0 Å². The summed E-state index contributed by atoms with van der Waals surface area (Å²) in [5, 5.41) is 1.24. The summed E-state index contributed by atoms with van der Waals surface area (Å²) in [7, 11) is 0. The van der Waals surface area contributed by atoms with Gasteiger partial charge in [0.15, 0.2) is 0 Å². The Kier molecular flexibility index (Phi) is 2.22. The maximum atomic E-state index is 6.10. The summed E-state index contributed by atoms with van der Waals surface area (Å²) >= 11 is 1.81. The van der Waals surface area contributed by atoms with Crippen LogP contribution in [-0.2, 0) is 0 Å². The molecule has 1 aliphatic carbocycles. The van der Waals surface area contributed by atoms with E-state index < -0.39 is 0 Å². The predicted molar refractivity (Wildman–Crippen MR) is 64.2 cm³/mol. The monoisotopic (exact) mass is 218 g/mol. The van der Waals surface area contributed by atoms with Crippen molar-refractivity contribution in [2.75, 3.05) is 0 Å². The van der Waals surface area contributed by atoms with E-state index in [2.05, 4.69) is 23.2 Å². The number of thiazole rings is 1. The Balaban J connectivity index is 2.04. The minimum Gasteiger partial charge on any atom is -0.327 e. The molecule has 3 heteroatoms. The van der Waals surface area contributed by atoms with Crippen LogP contribution >= 0.6 is 11.3 Å². The molecule has 0 aliphatic heterocycles. The SMILES string of the molecule is N[C@@H]1CCC[C@@H]1c1nc2ccccc2s1. The fourth-order valence-electron chi connectivity index (χ4n) is 2.34. The van der Waals surface area contributed by atoms with E-state index >= 15 is 0 Å². The second kappa shape index (κ2) is 3.58. The van der Waals surface area contributed by atoms with Crippen LogP contribution in [0.1, 0.15) is 30.2 Å². The Labute approximate surface area is 93.1 Å². The Morgan fingerprint density at radius 1 is 1.27 bits per heavy atom. The quantitative estimate of drug-likeness (QED) is 0.799. The van der Waals surface area contributed by atoms with Crippen molar-refractivity contribution in [3.8, 4) is 0 Å². The van der Waals surface area contributed by atoms with Crippen LogP contribution in [0, 0.1) is 0 Å². The lowest BCUT2D eigenvalue weighted by Crippen LogP contribution is -2.22. The summed E-state index contributed by atoms with van der Waals surface area (Å²) < 4.78 is 1.28. The molecular formula is C12H14N2S. The summed E-state index contributed by atoms with van der Waals surface area (Å²) in [6.45, 7) is 0. The van der Waals surface area contributed by atoms with Gasteiger partial charge in [-0.2, -0.15) is 0 Å². The average molecular weight is 218 g/mol. The zero-order chi connectivity index (χ0) is 10.3. The van der Waals surface area contributed by atoms with Gasteiger partial charge in [-0.15, -0.1) is 11.3 Å². The number of hydrogen-bond acceptors (Lipinski definition) is 3. The van der Waals surface area contributed by atoms with Crippen LogP contribution < -0.4 is 5.73 Å². The highest BCUT2D eigenvalue weighted by molar-refractivity contribution is 7.18. The van der Waals surface area contributed by atoms with Crippen LogP contribution in [0.3, 0.4) is 0 Å². The van der Waals surface area contributed by atoms with Gasteiger partial charge in [0, 0.05) is 12.0 Å². The molecule has 3 rings (SSSR count). The molecule has 2 atom stereocenters. The van der Waals surface area contributed by atoms with Gasteiger partial charge in [-0.3, -0.25) is 0 Å². The number of fused-ring (bicyclic) bond motifs is 1. The van der Waals surface area contributed by atoms with E-state index in [1.54, 1.807) is 0 Å². The van der Waals surface area contributed by atoms with Crippen LogP contribution in [0.15, 0.2) is 24.3 Å². The van der Waals surface area contributed by atoms with Gasteiger partial charge in [-0.1, -0.05) is 18.6 Å². The normalized spacial score (nSPS) is 26.2. The molecule has 1 fully saturated rings. The first kappa shape index (κ1) is 9.31. The third kappa shape index (κ3) is 1.56. The molecule has 2 nitrogen and oxygen atoms in total. The molecule has 78 valence electrons. The number of nitrogens with zero attached hydrogens (tertiary/aromatic N) is 1. The molecule has 0 spiro atoms. The number of hydrogen-bond donors (Lipinski definition) is 1. The van der Waals surface area contributed by atoms with Gasteiger partial charge < -0.3 is 5.73 Å². The molecule has 2 N–H and O–H groups in total. The Bertz CT molecular complexity index is 444. The van der Waals surface area contributed by atoms with Crippen molar-refractivity contribution in [3.05, 3.63) is 29.3 Å². The van der Waals surface area contributed by atoms with Gasteiger partial charge in [-0.05, 0) is 25.0 Å². The highest BCUT2D eigenvalue weighted by atomic mass is 32.1. The number of aromatic nitrogens is 1. The molecular weight excluding hydrogens is 204 g/mol. The van der Waals surface area contributed by atoms with Gasteiger partial charge in [0.1, 0.15) is 0 Å². The van der Waals surface area contributed by atoms with Crippen molar-refractivity contribution in [2.45, 2.75) is 31.2 Å². The van der Waals surface area contributed by atoms with Crippen molar-refractivity contribution in [1.82, 2.24) is 4.98 Å². The van der Waals surface area contributed by atoms with Crippen LogP contribution in [0.5, 0.6) is 0 Å². The maximum Gasteiger partial charge on any atom is 0.0984 e. The van der Waals surface area contributed by atoms with Gasteiger partial charge in [0.2, 0.25) is 0 Å². The first-order valence-electron chi connectivity index (χ1n) is 5.45. The van der Waals surface area contributed by atoms with E-state index in [1.165, 1.54) is 22.5 Å². The Hall–Kier alpha value is -0.930. The molecule has 0 bridgehead atoms. The molecule has 0 radical (unpaired) electrons. The van der Waals surface area contributed by atoms with Gasteiger partial charge in [0.05, 0.1) is 15.2 Å². The lowest BCUT2D eigenvalue weighted by molar-refractivity contribution is 0.611. The second-order valence-electron chi connectivity index (χ2n) is 4.22. The van der Waals surface area contributed by atoms with Gasteiger partial charge in [0.25, 0.3) is 0 Å². The highest BCUT2D eigenvalue weighted by Gasteiger charge is 2.27. The molecule has 1 saturated carbocycles.